The summed E-state index contributed by atoms with van der Waals surface area (Å²) < 4.78 is 11.5. The molecule has 0 spiro atoms. The van der Waals surface area contributed by atoms with E-state index in [-0.39, 0.29) is 18.3 Å². The van der Waals surface area contributed by atoms with Gasteiger partial charge in [-0.3, -0.25) is 9.59 Å². The maximum absolute atomic E-state index is 12.2. The largest absolute Gasteiger partial charge is 0.454 e. The Morgan fingerprint density at radius 2 is 1.88 bits per heavy atom. The van der Waals surface area contributed by atoms with Gasteiger partial charge in [0.1, 0.15) is 0 Å². The molecule has 0 bridgehead atoms. The quantitative estimate of drug-likeness (QED) is 0.509. The van der Waals surface area contributed by atoms with E-state index in [0.717, 1.165) is 9.86 Å². The molecule has 2 heterocycles. The number of benzene rings is 2. The van der Waals surface area contributed by atoms with Crippen molar-refractivity contribution in [2.24, 2.45) is 5.10 Å². The molecule has 8 heteroatoms. The van der Waals surface area contributed by atoms with Gasteiger partial charge in [-0.25, -0.2) is 5.43 Å². The molecule has 2 N–H and O–H groups in total. The van der Waals surface area contributed by atoms with E-state index < -0.39 is 0 Å². The Bertz CT molecular complexity index is 1090. The van der Waals surface area contributed by atoms with Gasteiger partial charge in [0.15, 0.2) is 11.5 Å². The Labute approximate surface area is 155 Å². The molecule has 0 fully saturated rings. The predicted octanol–water partition coefficient (Wildman–Crippen LogP) is 2.78. The average Bonchev–Trinajstić information content (AvgIpc) is 3.08. The number of halogens is 1. The van der Waals surface area contributed by atoms with Gasteiger partial charge in [0, 0.05) is 21.5 Å². The Morgan fingerprint density at radius 1 is 1.15 bits per heavy atom. The van der Waals surface area contributed by atoms with Crippen molar-refractivity contribution < 1.29 is 14.3 Å². The molecule has 0 saturated heterocycles. The molecule has 7 nitrogen and oxygen atoms in total. The van der Waals surface area contributed by atoms with Crippen LogP contribution in [0.3, 0.4) is 0 Å². The first kappa shape index (κ1) is 16.3. The summed E-state index contributed by atoms with van der Waals surface area (Å²) in [7, 11) is 0. The second kappa shape index (κ2) is 6.64. The number of hydrazone groups is 1. The number of hydrogen-bond acceptors (Lipinski definition) is 5. The lowest BCUT2D eigenvalue weighted by molar-refractivity contribution is 0.0955. The average molecular weight is 414 g/mol. The van der Waals surface area contributed by atoms with Gasteiger partial charge in [0.05, 0.1) is 17.3 Å². The SMILES string of the molecule is O=C(NN=Cc1cc2cc3c(cc2[nH]c1=O)OCO3)c1ccc(Br)cc1. The number of nitrogens with one attached hydrogen (secondary N) is 2. The van der Waals surface area contributed by atoms with Crippen molar-refractivity contribution >= 4 is 39.0 Å². The molecule has 130 valence electrons. The van der Waals surface area contributed by atoms with Crippen molar-refractivity contribution in [3.8, 4) is 11.5 Å². The summed E-state index contributed by atoms with van der Waals surface area (Å²) in [5.41, 5.74) is 3.49. The van der Waals surface area contributed by atoms with Crippen LogP contribution in [-0.4, -0.2) is 23.9 Å². The minimum Gasteiger partial charge on any atom is -0.454 e. The van der Waals surface area contributed by atoms with E-state index >= 15 is 0 Å². The maximum atomic E-state index is 12.2. The number of nitrogens with zero attached hydrogens (tertiary/aromatic N) is 1. The van der Waals surface area contributed by atoms with E-state index in [4.69, 9.17) is 9.47 Å². The molecule has 0 radical (unpaired) electrons. The van der Waals surface area contributed by atoms with Crippen LogP contribution in [0.15, 0.2) is 56.8 Å². The van der Waals surface area contributed by atoms with Crippen LogP contribution in [0, 0.1) is 0 Å². The van der Waals surface area contributed by atoms with Crippen LogP contribution >= 0.6 is 15.9 Å². The summed E-state index contributed by atoms with van der Waals surface area (Å²) in [5.74, 6) is 0.849. The zero-order valence-corrected chi connectivity index (χ0v) is 14.9. The van der Waals surface area contributed by atoms with Gasteiger partial charge in [-0.05, 0) is 36.4 Å². The molecule has 2 aromatic carbocycles. The van der Waals surface area contributed by atoms with E-state index in [2.05, 4.69) is 31.4 Å². The smallest absolute Gasteiger partial charge is 0.271 e. The minimum absolute atomic E-state index is 0.159. The van der Waals surface area contributed by atoms with Gasteiger partial charge in [-0.15, -0.1) is 0 Å². The molecular formula is C18H12BrN3O4. The van der Waals surface area contributed by atoms with Gasteiger partial charge in [-0.1, -0.05) is 15.9 Å². The second-order valence-corrected chi connectivity index (χ2v) is 6.47. The predicted molar refractivity (Wildman–Crippen MR) is 99.9 cm³/mol. The molecule has 4 rings (SSSR count). The fraction of sp³-hybridized carbons (Fsp3) is 0.0556. The van der Waals surface area contributed by atoms with Crippen molar-refractivity contribution in [3.05, 3.63) is 68.4 Å². The summed E-state index contributed by atoms with van der Waals surface area (Å²) in [6.45, 7) is 0.159. The van der Waals surface area contributed by atoms with Crippen molar-refractivity contribution in [3.63, 3.8) is 0 Å². The van der Waals surface area contributed by atoms with Crippen LogP contribution < -0.4 is 20.5 Å². The van der Waals surface area contributed by atoms with Crippen LogP contribution in [0.2, 0.25) is 0 Å². The van der Waals surface area contributed by atoms with E-state index in [1.54, 1.807) is 42.5 Å². The number of carbonyl (C=O) groups is 1. The van der Waals surface area contributed by atoms with Gasteiger partial charge in [0.25, 0.3) is 11.5 Å². The molecule has 1 aliphatic rings. The molecule has 1 aliphatic heterocycles. The fourth-order valence-electron chi connectivity index (χ4n) is 2.54. The minimum atomic E-state index is -0.366. The summed E-state index contributed by atoms with van der Waals surface area (Å²) >= 11 is 3.31. The topological polar surface area (TPSA) is 92.8 Å². The fourth-order valence-corrected chi connectivity index (χ4v) is 2.80. The molecule has 0 aliphatic carbocycles. The first-order valence-electron chi connectivity index (χ1n) is 7.66. The van der Waals surface area contributed by atoms with E-state index in [0.29, 0.717) is 28.1 Å². The molecular weight excluding hydrogens is 402 g/mol. The number of amides is 1. The molecule has 1 aromatic heterocycles. The summed E-state index contributed by atoms with van der Waals surface area (Å²) in [4.78, 5) is 27.0. The van der Waals surface area contributed by atoms with Gasteiger partial charge < -0.3 is 14.5 Å². The van der Waals surface area contributed by atoms with Crippen molar-refractivity contribution in [1.29, 1.82) is 0 Å². The molecule has 1 amide bonds. The highest BCUT2D eigenvalue weighted by Crippen LogP contribution is 2.35. The standard InChI is InChI=1S/C18H12BrN3O4/c19-13-3-1-10(2-4-13)18(24)22-20-8-12-5-11-6-15-16(26-9-25-15)7-14(11)21-17(12)23/h1-8H,9H2,(H,21,23)(H,22,24). The van der Waals surface area contributed by atoms with Crippen molar-refractivity contribution in [2.45, 2.75) is 0 Å². The third-order valence-electron chi connectivity index (χ3n) is 3.84. The first-order chi connectivity index (χ1) is 12.6. The van der Waals surface area contributed by atoms with Crippen LogP contribution in [-0.2, 0) is 0 Å². The lowest BCUT2D eigenvalue weighted by Gasteiger charge is -2.02. The Balaban J connectivity index is 1.56. The van der Waals surface area contributed by atoms with E-state index in [1.165, 1.54) is 6.21 Å². The van der Waals surface area contributed by atoms with Crippen LogP contribution in [0.5, 0.6) is 11.5 Å². The zero-order valence-electron chi connectivity index (χ0n) is 13.3. The van der Waals surface area contributed by atoms with Gasteiger partial charge in [-0.2, -0.15) is 5.10 Å². The second-order valence-electron chi connectivity index (χ2n) is 5.55. The number of rotatable bonds is 3. The lowest BCUT2D eigenvalue weighted by atomic mass is 10.1. The molecule has 26 heavy (non-hydrogen) atoms. The highest BCUT2D eigenvalue weighted by Gasteiger charge is 2.15. The number of carbonyl (C=O) groups excluding carboxylic acids is 1. The van der Waals surface area contributed by atoms with Crippen LogP contribution in [0.1, 0.15) is 15.9 Å². The van der Waals surface area contributed by atoms with E-state index in [9.17, 15) is 9.59 Å². The lowest BCUT2D eigenvalue weighted by Crippen LogP contribution is -2.19. The normalized spacial score (nSPS) is 12.7. The van der Waals surface area contributed by atoms with Crippen molar-refractivity contribution in [2.75, 3.05) is 6.79 Å². The molecule has 0 atom stereocenters. The molecule has 0 saturated carbocycles. The Kier molecular flexibility index (Phi) is 4.18. The summed E-state index contributed by atoms with van der Waals surface area (Å²) in [6.07, 6.45) is 1.31. The number of hydrogen-bond donors (Lipinski definition) is 2. The zero-order chi connectivity index (χ0) is 18.1. The Morgan fingerprint density at radius 3 is 2.65 bits per heavy atom. The molecule has 0 unspecified atom stereocenters. The monoisotopic (exact) mass is 413 g/mol. The third kappa shape index (κ3) is 3.18. The van der Waals surface area contributed by atoms with Crippen molar-refractivity contribution in [1.82, 2.24) is 10.4 Å². The Hall–Kier alpha value is -3.13. The summed E-state index contributed by atoms with van der Waals surface area (Å²) in [6, 6.07) is 12.0. The first-order valence-corrected chi connectivity index (χ1v) is 8.45. The molecule has 3 aromatic rings. The van der Waals surface area contributed by atoms with Gasteiger partial charge in [0.2, 0.25) is 6.79 Å². The number of fused-ring (bicyclic) bond motifs is 2. The maximum Gasteiger partial charge on any atom is 0.271 e. The number of aromatic amines is 1. The van der Waals surface area contributed by atoms with Crippen LogP contribution in [0.4, 0.5) is 0 Å². The van der Waals surface area contributed by atoms with Crippen LogP contribution in [0.25, 0.3) is 10.9 Å². The number of ether oxygens (including phenoxy) is 2. The number of H-pyrrole nitrogens is 1. The third-order valence-corrected chi connectivity index (χ3v) is 4.37. The van der Waals surface area contributed by atoms with Gasteiger partial charge >= 0.3 is 0 Å². The number of aromatic nitrogens is 1. The van der Waals surface area contributed by atoms with E-state index in [1.807, 2.05) is 0 Å². The summed E-state index contributed by atoms with van der Waals surface area (Å²) in [5, 5.41) is 4.64. The highest BCUT2D eigenvalue weighted by molar-refractivity contribution is 9.10. The highest BCUT2D eigenvalue weighted by atomic mass is 79.9. The number of pyridine rings is 1.